The van der Waals surface area contributed by atoms with E-state index in [1.54, 1.807) is 32.1 Å². The van der Waals surface area contributed by atoms with Crippen molar-refractivity contribution in [3.8, 4) is 0 Å². The summed E-state index contributed by atoms with van der Waals surface area (Å²) in [7, 11) is 0. The van der Waals surface area contributed by atoms with Gasteiger partial charge in [0.15, 0.2) is 0 Å². The average molecular weight is 341 g/mol. The zero-order valence-corrected chi connectivity index (χ0v) is 14.5. The Balaban J connectivity index is 1.86. The molecule has 0 spiro atoms. The second kappa shape index (κ2) is 6.88. The number of hydrogen-bond acceptors (Lipinski definition) is 5. The van der Waals surface area contributed by atoms with Gasteiger partial charge in [0.2, 0.25) is 0 Å². The Kier molecular flexibility index (Phi) is 5.31. The van der Waals surface area contributed by atoms with E-state index in [0.717, 1.165) is 6.42 Å². The highest BCUT2D eigenvalue weighted by Crippen LogP contribution is 2.30. The molecule has 1 fully saturated rings. The molecule has 1 aromatic heterocycles. The lowest BCUT2D eigenvalue weighted by Gasteiger charge is -2.48. The Hall–Kier alpha value is -1.60. The van der Waals surface area contributed by atoms with Crippen molar-refractivity contribution in [1.82, 2.24) is 4.90 Å². The van der Waals surface area contributed by atoms with Crippen molar-refractivity contribution < 1.29 is 24.2 Å². The number of hydrogen-bond donors (Lipinski definition) is 1. The van der Waals surface area contributed by atoms with Gasteiger partial charge in [-0.3, -0.25) is 4.79 Å². The van der Waals surface area contributed by atoms with Crippen molar-refractivity contribution in [2.24, 2.45) is 0 Å². The lowest BCUT2D eigenvalue weighted by molar-refractivity contribution is -0.166. The summed E-state index contributed by atoms with van der Waals surface area (Å²) in [4.78, 5) is 25.7. The fourth-order valence-corrected chi connectivity index (χ4v) is 3.15. The zero-order valence-electron chi connectivity index (χ0n) is 13.7. The van der Waals surface area contributed by atoms with Crippen molar-refractivity contribution in [2.45, 2.75) is 44.8 Å². The summed E-state index contributed by atoms with van der Waals surface area (Å²) in [5.41, 5.74) is -1.37. The summed E-state index contributed by atoms with van der Waals surface area (Å²) in [5, 5.41) is 11.1. The number of carboxylic acids is 1. The molecule has 0 aromatic carbocycles. The van der Waals surface area contributed by atoms with Gasteiger partial charge in [0, 0.05) is 11.3 Å². The first-order chi connectivity index (χ1) is 10.7. The van der Waals surface area contributed by atoms with E-state index in [2.05, 4.69) is 0 Å². The molecule has 0 aliphatic carbocycles. The topological polar surface area (TPSA) is 76.1 Å². The molecule has 1 N–H and O–H groups in total. The summed E-state index contributed by atoms with van der Waals surface area (Å²) >= 11 is 1.64. The third-order valence-electron chi connectivity index (χ3n) is 3.42. The van der Waals surface area contributed by atoms with E-state index >= 15 is 0 Å². The van der Waals surface area contributed by atoms with Crippen molar-refractivity contribution in [2.75, 3.05) is 19.7 Å². The molecule has 1 aliphatic rings. The molecule has 6 nitrogen and oxygen atoms in total. The molecule has 0 atom stereocenters. The Morgan fingerprint density at radius 2 is 2.09 bits per heavy atom. The number of carbonyl (C=O) groups excluding carboxylic acids is 1. The van der Waals surface area contributed by atoms with Crippen LogP contribution >= 0.6 is 11.3 Å². The quantitative estimate of drug-likeness (QED) is 0.861. The molecule has 2 rings (SSSR count). The third-order valence-corrected chi connectivity index (χ3v) is 4.36. The molecule has 128 valence electrons. The first-order valence-corrected chi connectivity index (χ1v) is 8.43. The van der Waals surface area contributed by atoms with Crippen LogP contribution in [0.3, 0.4) is 0 Å². The van der Waals surface area contributed by atoms with E-state index in [-0.39, 0.29) is 19.5 Å². The number of rotatable bonds is 6. The highest BCUT2D eigenvalue weighted by atomic mass is 32.1. The van der Waals surface area contributed by atoms with Crippen LogP contribution in [0.25, 0.3) is 0 Å². The summed E-state index contributed by atoms with van der Waals surface area (Å²) in [5.74, 6) is -0.926. The van der Waals surface area contributed by atoms with Gasteiger partial charge in [-0.05, 0) is 32.2 Å². The largest absolute Gasteiger partial charge is 0.481 e. The van der Waals surface area contributed by atoms with Gasteiger partial charge in [-0.2, -0.15) is 0 Å². The third kappa shape index (κ3) is 5.21. The molecule has 1 aliphatic heterocycles. The number of carboxylic acid groups (broad SMARTS) is 1. The maximum Gasteiger partial charge on any atom is 0.410 e. The normalized spacial score (nSPS) is 16.7. The maximum absolute atomic E-state index is 12.0. The van der Waals surface area contributed by atoms with Gasteiger partial charge in [-0.1, -0.05) is 6.07 Å². The van der Waals surface area contributed by atoms with Crippen molar-refractivity contribution in [1.29, 1.82) is 0 Å². The van der Waals surface area contributed by atoms with Gasteiger partial charge in [0.25, 0.3) is 0 Å². The second-order valence-corrected chi connectivity index (χ2v) is 7.80. The molecule has 1 saturated heterocycles. The number of carbonyl (C=O) groups is 2. The number of aliphatic carboxylic acids is 1. The number of amides is 1. The minimum atomic E-state index is -0.926. The van der Waals surface area contributed by atoms with Gasteiger partial charge < -0.3 is 19.5 Å². The van der Waals surface area contributed by atoms with Gasteiger partial charge in [0.1, 0.15) is 11.2 Å². The van der Waals surface area contributed by atoms with Crippen molar-refractivity contribution >= 4 is 23.4 Å². The maximum atomic E-state index is 12.0. The number of nitrogens with zero attached hydrogens (tertiary/aromatic N) is 1. The van der Waals surface area contributed by atoms with Gasteiger partial charge in [0.05, 0.1) is 26.1 Å². The van der Waals surface area contributed by atoms with Crippen molar-refractivity contribution in [3.05, 3.63) is 22.4 Å². The lowest BCUT2D eigenvalue weighted by Crippen LogP contribution is -2.66. The highest BCUT2D eigenvalue weighted by Gasteiger charge is 2.49. The summed E-state index contributed by atoms with van der Waals surface area (Å²) in [6.45, 7) is 6.33. The van der Waals surface area contributed by atoms with Crippen LogP contribution in [0.4, 0.5) is 4.79 Å². The lowest BCUT2D eigenvalue weighted by atomic mass is 9.90. The molecule has 1 amide bonds. The summed E-state index contributed by atoms with van der Waals surface area (Å²) in [6, 6.07) is 3.99. The molecule has 7 heteroatoms. The van der Waals surface area contributed by atoms with Crippen molar-refractivity contribution in [3.63, 3.8) is 0 Å². The van der Waals surface area contributed by atoms with E-state index in [4.69, 9.17) is 14.6 Å². The van der Waals surface area contributed by atoms with Crippen LogP contribution in [-0.2, 0) is 20.7 Å². The number of ether oxygens (including phenoxy) is 2. The van der Waals surface area contributed by atoms with E-state index < -0.39 is 23.3 Å². The highest BCUT2D eigenvalue weighted by molar-refractivity contribution is 7.09. The Morgan fingerprint density at radius 1 is 1.39 bits per heavy atom. The van der Waals surface area contributed by atoms with E-state index in [1.807, 2.05) is 17.5 Å². The molecule has 23 heavy (non-hydrogen) atoms. The fraction of sp³-hybridized carbons (Fsp3) is 0.625. The zero-order chi connectivity index (χ0) is 17.1. The Labute approximate surface area is 140 Å². The number of thiophene rings is 1. The number of likely N-dealkylation sites (tertiary alicyclic amines) is 1. The van der Waals surface area contributed by atoms with Gasteiger partial charge in [-0.25, -0.2) is 4.79 Å². The minimum Gasteiger partial charge on any atom is -0.481 e. The molecule has 0 unspecified atom stereocenters. The molecule has 0 radical (unpaired) electrons. The Morgan fingerprint density at radius 3 is 2.61 bits per heavy atom. The van der Waals surface area contributed by atoms with Gasteiger partial charge >= 0.3 is 12.1 Å². The Bertz CT molecular complexity index is 543. The van der Waals surface area contributed by atoms with E-state index in [9.17, 15) is 9.59 Å². The monoisotopic (exact) mass is 341 g/mol. The summed E-state index contributed by atoms with van der Waals surface area (Å²) in [6.07, 6.45) is 0.197. The molecule has 0 saturated carbocycles. The van der Waals surface area contributed by atoms with E-state index in [1.165, 1.54) is 9.78 Å². The first kappa shape index (κ1) is 17.7. The molecular weight excluding hydrogens is 318 g/mol. The summed E-state index contributed by atoms with van der Waals surface area (Å²) < 4.78 is 11.1. The fourth-order valence-electron chi connectivity index (χ4n) is 2.46. The smallest absolute Gasteiger partial charge is 0.410 e. The second-order valence-electron chi connectivity index (χ2n) is 6.77. The standard InChI is InChI=1S/C16H23NO5S/c1-15(2,3)22-14(20)17-10-16(11-17,9-13(18)19)21-7-6-12-5-4-8-23-12/h4-5,8H,6-7,9-11H2,1-3H3,(H,18,19). The van der Waals surface area contributed by atoms with Gasteiger partial charge in [-0.15, -0.1) is 11.3 Å². The van der Waals surface area contributed by atoms with Crippen LogP contribution in [0.5, 0.6) is 0 Å². The van der Waals surface area contributed by atoms with Crippen LogP contribution in [0.1, 0.15) is 32.1 Å². The van der Waals surface area contributed by atoms with Crippen LogP contribution < -0.4 is 0 Å². The van der Waals surface area contributed by atoms with Crippen LogP contribution in [-0.4, -0.2) is 53.0 Å². The molecule has 0 bridgehead atoms. The SMILES string of the molecule is CC(C)(C)OC(=O)N1CC(CC(=O)O)(OCCc2cccs2)C1. The molecule has 1 aromatic rings. The predicted molar refractivity (Wildman–Crippen MR) is 86.8 cm³/mol. The predicted octanol–water partition coefficient (Wildman–Crippen LogP) is 2.77. The van der Waals surface area contributed by atoms with Crippen LogP contribution in [0, 0.1) is 0 Å². The van der Waals surface area contributed by atoms with E-state index in [0.29, 0.717) is 6.61 Å². The molecule has 2 heterocycles. The first-order valence-electron chi connectivity index (χ1n) is 7.55. The molecular formula is C16H23NO5S. The van der Waals surface area contributed by atoms with Crippen LogP contribution in [0.2, 0.25) is 0 Å². The van der Waals surface area contributed by atoms with Crippen LogP contribution in [0.15, 0.2) is 17.5 Å². The minimum absolute atomic E-state index is 0.114. The average Bonchev–Trinajstić information content (AvgIpc) is 2.85.